The lowest BCUT2D eigenvalue weighted by Gasteiger charge is -1.91. The van der Waals surface area contributed by atoms with Crippen molar-refractivity contribution in [2.24, 2.45) is 0 Å². The first-order chi connectivity index (χ1) is 6.40. The second-order valence-corrected chi connectivity index (χ2v) is 2.71. The van der Waals surface area contributed by atoms with Gasteiger partial charge in [-0.25, -0.2) is 0 Å². The zero-order chi connectivity index (χ0) is 9.10. The van der Waals surface area contributed by atoms with Gasteiger partial charge in [0, 0.05) is 5.39 Å². The summed E-state index contributed by atoms with van der Waals surface area (Å²) in [6, 6.07) is 5.85. The van der Waals surface area contributed by atoms with E-state index in [0.717, 1.165) is 22.8 Å². The number of H-pyrrole nitrogens is 1. The molecule has 0 saturated heterocycles. The van der Waals surface area contributed by atoms with Gasteiger partial charge < -0.3 is 0 Å². The Morgan fingerprint density at radius 1 is 1.38 bits per heavy atom. The van der Waals surface area contributed by atoms with E-state index in [1.54, 1.807) is 12.3 Å². The van der Waals surface area contributed by atoms with E-state index < -0.39 is 0 Å². The second kappa shape index (κ2) is 3.23. The lowest BCUT2D eigenvalue weighted by molar-refractivity contribution is -0.104. The first-order valence-electron chi connectivity index (χ1n) is 3.95. The number of aldehydes is 1. The Morgan fingerprint density at radius 2 is 2.31 bits per heavy atom. The number of hydrogen-bond donors (Lipinski definition) is 1. The van der Waals surface area contributed by atoms with Crippen LogP contribution in [0, 0.1) is 0 Å². The molecule has 0 radical (unpaired) electrons. The van der Waals surface area contributed by atoms with Crippen LogP contribution >= 0.6 is 0 Å². The van der Waals surface area contributed by atoms with E-state index in [1.165, 1.54) is 6.08 Å². The summed E-state index contributed by atoms with van der Waals surface area (Å²) in [5, 5.41) is 7.84. The summed E-state index contributed by atoms with van der Waals surface area (Å²) >= 11 is 0. The van der Waals surface area contributed by atoms with E-state index in [1.807, 2.05) is 18.2 Å². The number of rotatable bonds is 2. The molecule has 1 aromatic heterocycles. The van der Waals surface area contributed by atoms with Gasteiger partial charge in [0.05, 0.1) is 11.7 Å². The van der Waals surface area contributed by atoms with Gasteiger partial charge in [-0.1, -0.05) is 18.2 Å². The zero-order valence-corrected chi connectivity index (χ0v) is 6.90. The van der Waals surface area contributed by atoms with Crippen LogP contribution in [0.3, 0.4) is 0 Å². The van der Waals surface area contributed by atoms with Crippen molar-refractivity contribution in [3.05, 3.63) is 36.0 Å². The molecule has 0 aliphatic carbocycles. The quantitative estimate of drug-likeness (QED) is 0.554. The van der Waals surface area contributed by atoms with Crippen molar-refractivity contribution in [3.63, 3.8) is 0 Å². The monoisotopic (exact) mass is 172 g/mol. The van der Waals surface area contributed by atoms with Crippen molar-refractivity contribution < 1.29 is 4.79 Å². The Balaban J connectivity index is 2.47. The first kappa shape index (κ1) is 7.73. The molecule has 0 atom stereocenters. The molecule has 64 valence electrons. The number of nitrogens with one attached hydrogen (secondary N) is 1. The molecular weight excluding hydrogens is 164 g/mol. The molecule has 0 amide bonds. The predicted molar refractivity (Wildman–Crippen MR) is 51.2 cm³/mol. The minimum atomic E-state index is 0.761. The van der Waals surface area contributed by atoms with Crippen LogP contribution in [0.2, 0.25) is 0 Å². The zero-order valence-electron chi connectivity index (χ0n) is 6.90. The number of carbonyl (C=O) groups is 1. The summed E-state index contributed by atoms with van der Waals surface area (Å²) in [6.45, 7) is 0. The van der Waals surface area contributed by atoms with Gasteiger partial charge in [0.2, 0.25) is 0 Å². The Morgan fingerprint density at radius 3 is 3.15 bits per heavy atom. The van der Waals surface area contributed by atoms with Gasteiger partial charge in [-0.3, -0.25) is 9.89 Å². The maximum atomic E-state index is 10.1. The van der Waals surface area contributed by atoms with Crippen LogP contribution in [-0.2, 0) is 4.79 Å². The van der Waals surface area contributed by atoms with Crippen LogP contribution in [0.5, 0.6) is 0 Å². The Bertz CT molecular complexity index is 457. The topological polar surface area (TPSA) is 45.8 Å². The Labute approximate surface area is 75.1 Å². The summed E-state index contributed by atoms with van der Waals surface area (Å²) in [4.78, 5) is 10.1. The fraction of sp³-hybridized carbons (Fsp3) is 0. The van der Waals surface area contributed by atoms with Crippen LogP contribution < -0.4 is 0 Å². The van der Waals surface area contributed by atoms with E-state index in [2.05, 4.69) is 10.2 Å². The predicted octanol–water partition coefficient (Wildman–Crippen LogP) is 1.77. The van der Waals surface area contributed by atoms with Crippen LogP contribution in [0.1, 0.15) is 5.56 Å². The molecule has 3 nitrogen and oxygen atoms in total. The number of nitrogens with zero attached hydrogens (tertiary/aromatic N) is 1. The fourth-order valence-corrected chi connectivity index (χ4v) is 1.21. The van der Waals surface area contributed by atoms with E-state index in [4.69, 9.17) is 0 Å². The molecule has 1 heterocycles. The highest BCUT2D eigenvalue weighted by Gasteiger charge is 1.94. The molecule has 13 heavy (non-hydrogen) atoms. The second-order valence-electron chi connectivity index (χ2n) is 2.71. The molecule has 0 fully saturated rings. The third-order valence-electron chi connectivity index (χ3n) is 1.83. The minimum absolute atomic E-state index is 0.761. The summed E-state index contributed by atoms with van der Waals surface area (Å²) in [5.41, 5.74) is 1.97. The van der Waals surface area contributed by atoms with Crippen LogP contribution in [0.25, 0.3) is 17.0 Å². The Kier molecular flexibility index (Phi) is 1.92. The van der Waals surface area contributed by atoms with Gasteiger partial charge in [-0.05, 0) is 17.7 Å². The maximum absolute atomic E-state index is 10.1. The van der Waals surface area contributed by atoms with E-state index >= 15 is 0 Å². The molecule has 1 N–H and O–H groups in total. The molecule has 2 aromatic rings. The first-order valence-corrected chi connectivity index (χ1v) is 3.95. The number of aromatic amines is 1. The van der Waals surface area contributed by atoms with Crippen molar-refractivity contribution in [2.45, 2.75) is 0 Å². The standard InChI is InChI=1S/C10H8N2O/c13-5-1-2-8-3-4-9-7-11-12-10(9)6-8/h1-7H,(H,11,12). The van der Waals surface area contributed by atoms with Gasteiger partial charge in [0.1, 0.15) is 6.29 Å². The summed E-state index contributed by atoms with van der Waals surface area (Å²) in [5.74, 6) is 0. The van der Waals surface area contributed by atoms with Crippen LogP contribution in [0.4, 0.5) is 0 Å². The number of hydrogen-bond acceptors (Lipinski definition) is 2. The molecular formula is C10H8N2O. The molecule has 0 bridgehead atoms. The highest BCUT2D eigenvalue weighted by atomic mass is 16.1. The van der Waals surface area contributed by atoms with Crippen LogP contribution in [-0.4, -0.2) is 16.5 Å². The minimum Gasteiger partial charge on any atom is -0.299 e. The maximum Gasteiger partial charge on any atom is 0.142 e. The summed E-state index contributed by atoms with van der Waals surface area (Å²) in [7, 11) is 0. The number of aromatic nitrogens is 2. The highest BCUT2D eigenvalue weighted by molar-refractivity contribution is 5.82. The normalized spacial score (nSPS) is 11.1. The van der Waals surface area contributed by atoms with E-state index in [-0.39, 0.29) is 0 Å². The third-order valence-corrected chi connectivity index (χ3v) is 1.83. The van der Waals surface area contributed by atoms with Gasteiger partial charge in [-0.2, -0.15) is 5.10 Å². The number of carbonyl (C=O) groups excluding carboxylic acids is 1. The third kappa shape index (κ3) is 1.49. The van der Waals surface area contributed by atoms with E-state index in [9.17, 15) is 4.79 Å². The van der Waals surface area contributed by atoms with Crippen molar-refractivity contribution in [2.75, 3.05) is 0 Å². The lowest BCUT2D eigenvalue weighted by Crippen LogP contribution is -1.73. The smallest absolute Gasteiger partial charge is 0.142 e. The van der Waals surface area contributed by atoms with Gasteiger partial charge >= 0.3 is 0 Å². The molecule has 1 aromatic carbocycles. The van der Waals surface area contributed by atoms with Crippen molar-refractivity contribution in [3.8, 4) is 0 Å². The molecule has 2 rings (SSSR count). The molecule has 0 saturated carbocycles. The number of fused-ring (bicyclic) bond motifs is 1. The van der Waals surface area contributed by atoms with Gasteiger partial charge in [0.25, 0.3) is 0 Å². The van der Waals surface area contributed by atoms with Crippen molar-refractivity contribution >= 4 is 23.3 Å². The van der Waals surface area contributed by atoms with E-state index in [0.29, 0.717) is 0 Å². The molecule has 0 unspecified atom stereocenters. The molecule has 0 spiro atoms. The largest absolute Gasteiger partial charge is 0.299 e. The average Bonchev–Trinajstić information content (AvgIpc) is 2.61. The van der Waals surface area contributed by atoms with Gasteiger partial charge in [0.15, 0.2) is 0 Å². The highest BCUT2D eigenvalue weighted by Crippen LogP contribution is 2.13. The van der Waals surface area contributed by atoms with Crippen LogP contribution in [0.15, 0.2) is 30.5 Å². The lowest BCUT2D eigenvalue weighted by atomic mass is 10.1. The average molecular weight is 172 g/mol. The molecule has 0 aliphatic heterocycles. The van der Waals surface area contributed by atoms with Gasteiger partial charge in [-0.15, -0.1) is 0 Å². The SMILES string of the molecule is O=CC=Cc1ccc2cn[nH]c2c1. The Hall–Kier alpha value is -1.90. The van der Waals surface area contributed by atoms with Crippen molar-refractivity contribution in [1.29, 1.82) is 0 Å². The number of benzene rings is 1. The summed E-state index contributed by atoms with van der Waals surface area (Å²) < 4.78 is 0. The molecule has 3 heteroatoms. The summed E-state index contributed by atoms with van der Waals surface area (Å²) in [6.07, 6.45) is 5.75. The van der Waals surface area contributed by atoms with Crippen molar-refractivity contribution in [1.82, 2.24) is 10.2 Å². The molecule has 0 aliphatic rings. The number of allylic oxidation sites excluding steroid dienone is 1. The fourth-order valence-electron chi connectivity index (χ4n) is 1.21.